The summed E-state index contributed by atoms with van der Waals surface area (Å²) in [5.74, 6) is 1.06. The SMILES string of the molecule is C=CC(O)c1c(Cc2ccccc2)cccc1Oc1cccc(Cc2ccccc2)c1C(O)C=C. The molecule has 0 aromatic heterocycles. The van der Waals surface area contributed by atoms with E-state index in [1.807, 2.05) is 72.8 Å². The first kappa shape index (κ1) is 24.2. The molecule has 3 nitrogen and oxygen atoms in total. The lowest BCUT2D eigenvalue weighted by Gasteiger charge is -2.22. The van der Waals surface area contributed by atoms with Gasteiger partial charge in [-0.15, -0.1) is 13.2 Å². The van der Waals surface area contributed by atoms with Crippen LogP contribution in [-0.4, -0.2) is 10.2 Å². The fourth-order valence-corrected chi connectivity index (χ4v) is 4.32. The summed E-state index contributed by atoms with van der Waals surface area (Å²) in [7, 11) is 0. The van der Waals surface area contributed by atoms with Crippen molar-refractivity contribution < 1.29 is 14.9 Å². The predicted octanol–water partition coefficient (Wildman–Crippen LogP) is 7.10. The van der Waals surface area contributed by atoms with Crippen molar-refractivity contribution >= 4 is 0 Å². The highest BCUT2D eigenvalue weighted by molar-refractivity contribution is 5.51. The average molecular weight is 463 g/mol. The third-order valence-electron chi connectivity index (χ3n) is 6.05. The van der Waals surface area contributed by atoms with E-state index in [0.29, 0.717) is 35.5 Å². The molecule has 0 spiro atoms. The maximum atomic E-state index is 10.9. The van der Waals surface area contributed by atoms with Crippen molar-refractivity contribution in [1.29, 1.82) is 0 Å². The van der Waals surface area contributed by atoms with Crippen molar-refractivity contribution in [1.82, 2.24) is 0 Å². The van der Waals surface area contributed by atoms with E-state index in [9.17, 15) is 10.2 Å². The van der Waals surface area contributed by atoms with Crippen LogP contribution in [0.25, 0.3) is 0 Å². The van der Waals surface area contributed by atoms with Crippen LogP contribution in [0.15, 0.2) is 122 Å². The molecule has 0 fully saturated rings. The van der Waals surface area contributed by atoms with Crippen LogP contribution in [0.2, 0.25) is 0 Å². The smallest absolute Gasteiger partial charge is 0.133 e. The minimum absolute atomic E-state index is 0.528. The zero-order chi connectivity index (χ0) is 24.6. The molecule has 0 saturated carbocycles. The summed E-state index contributed by atoms with van der Waals surface area (Å²) in [5.41, 5.74) is 5.50. The Morgan fingerprint density at radius 3 is 1.34 bits per heavy atom. The second-order valence-electron chi connectivity index (χ2n) is 8.45. The molecule has 4 aromatic carbocycles. The molecule has 0 heterocycles. The van der Waals surface area contributed by atoms with Crippen LogP contribution < -0.4 is 4.74 Å². The normalized spacial score (nSPS) is 12.5. The monoisotopic (exact) mass is 462 g/mol. The lowest BCUT2D eigenvalue weighted by Crippen LogP contribution is -2.07. The van der Waals surface area contributed by atoms with E-state index in [1.165, 1.54) is 12.2 Å². The Hall–Kier alpha value is -3.92. The minimum atomic E-state index is -0.898. The Labute approximate surface area is 207 Å². The summed E-state index contributed by atoms with van der Waals surface area (Å²) in [4.78, 5) is 0. The van der Waals surface area contributed by atoms with Gasteiger partial charge in [0, 0.05) is 11.1 Å². The van der Waals surface area contributed by atoms with Crippen LogP contribution in [0.3, 0.4) is 0 Å². The molecule has 0 radical (unpaired) electrons. The van der Waals surface area contributed by atoms with Gasteiger partial charge in [0.25, 0.3) is 0 Å². The van der Waals surface area contributed by atoms with Gasteiger partial charge in [-0.2, -0.15) is 0 Å². The summed E-state index contributed by atoms with van der Waals surface area (Å²) >= 11 is 0. The van der Waals surface area contributed by atoms with Gasteiger partial charge in [0.15, 0.2) is 0 Å². The van der Waals surface area contributed by atoms with Crippen molar-refractivity contribution in [2.75, 3.05) is 0 Å². The molecule has 0 bridgehead atoms. The third-order valence-corrected chi connectivity index (χ3v) is 6.05. The Morgan fingerprint density at radius 2 is 0.971 bits per heavy atom. The molecule has 4 aromatic rings. The highest BCUT2D eigenvalue weighted by Gasteiger charge is 2.21. The van der Waals surface area contributed by atoms with Crippen LogP contribution >= 0.6 is 0 Å². The molecule has 2 unspecified atom stereocenters. The van der Waals surface area contributed by atoms with E-state index < -0.39 is 12.2 Å². The molecule has 3 heteroatoms. The van der Waals surface area contributed by atoms with Crippen LogP contribution in [0.1, 0.15) is 45.6 Å². The minimum Gasteiger partial charge on any atom is -0.457 e. The van der Waals surface area contributed by atoms with Gasteiger partial charge in [-0.25, -0.2) is 0 Å². The lowest BCUT2D eigenvalue weighted by atomic mass is 9.94. The maximum absolute atomic E-state index is 10.9. The van der Waals surface area contributed by atoms with Gasteiger partial charge >= 0.3 is 0 Å². The van der Waals surface area contributed by atoms with Crippen LogP contribution in [-0.2, 0) is 12.8 Å². The summed E-state index contributed by atoms with van der Waals surface area (Å²) in [6.45, 7) is 7.59. The van der Waals surface area contributed by atoms with E-state index in [4.69, 9.17) is 4.74 Å². The molecule has 0 aliphatic rings. The molecule has 2 N–H and O–H groups in total. The van der Waals surface area contributed by atoms with Crippen molar-refractivity contribution in [2.24, 2.45) is 0 Å². The first-order valence-corrected chi connectivity index (χ1v) is 11.7. The highest BCUT2D eigenvalue weighted by atomic mass is 16.5. The molecule has 0 aliphatic heterocycles. The fraction of sp³-hybridized carbons (Fsp3) is 0.125. The fourth-order valence-electron chi connectivity index (χ4n) is 4.32. The van der Waals surface area contributed by atoms with Gasteiger partial charge in [-0.1, -0.05) is 97.1 Å². The number of rotatable bonds is 10. The van der Waals surface area contributed by atoms with Gasteiger partial charge < -0.3 is 14.9 Å². The number of hydrogen-bond acceptors (Lipinski definition) is 3. The average Bonchev–Trinajstić information content (AvgIpc) is 2.89. The standard InChI is InChI=1S/C32H30O3/c1-3-27(33)31-25(21-23-13-7-5-8-14-23)17-11-19-29(31)35-30-20-12-18-26(32(30)28(34)4-2)22-24-15-9-6-10-16-24/h3-20,27-28,33-34H,1-2,21-22H2. The molecule has 176 valence electrons. The number of ether oxygens (including phenoxy) is 1. The van der Waals surface area contributed by atoms with Crippen molar-refractivity contribution in [2.45, 2.75) is 25.0 Å². The molecule has 0 saturated heterocycles. The quantitative estimate of drug-likeness (QED) is 0.247. The summed E-state index contributed by atoms with van der Waals surface area (Å²) < 4.78 is 6.43. The zero-order valence-electron chi connectivity index (χ0n) is 19.7. The molecular formula is C32H30O3. The van der Waals surface area contributed by atoms with Crippen molar-refractivity contribution in [3.8, 4) is 11.5 Å². The molecule has 2 atom stereocenters. The van der Waals surface area contributed by atoms with Crippen molar-refractivity contribution in [3.05, 3.63) is 156 Å². The Morgan fingerprint density at radius 1 is 0.571 bits per heavy atom. The number of aliphatic hydroxyl groups excluding tert-OH is 2. The summed E-state index contributed by atoms with van der Waals surface area (Å²) in [6, 6.07) is 31.7. The molecule has 0 amide bonds. The predicted molar refractivity (Wildman–Crippen MR) is 142 cm³/mol. The van der Waals surface area contributed by atoms with E-state index in [0.717, 1.165) is 22.3 Å². The second kappa shape index (κ2) is 11.5. The highest BCUT2D eigenvalue weighted by Crippen LogP contribution is 2.38. The topological polar surface area (TPSA) is 49.7 Å². The molecule has 0 aliphatic carbocycles. The number of hydrogen-bond donors (Lipinski definition) is 2. The first-order valence-electron chi connectivity index (χ1n) is 11.7. The molecule has 35 heavy (non-hydrogen) atoms. The first-order chi connectivity index (χ1) is 17.1. The van der Waals surface area contributed by atoms with E-state index >= 15 is 0 Å². The lowest BCUT2D eigenvalue weighted by molar-refractivity contribution is 0.219. The molecule has 4 rings (SSSR count). The van der Waals surface area contributed by atoms with E-state index in [-0.39, 0.29) is 0 Å². The second-order valence-corrected chi connectivity index (χ2v) is 8.45. The van der Waals surface area contributed by atoms with E-state index in [2.05, 4.69) is 37.4 Å². The Balaban J connectivity index is 1.76. The van der Waals surface area contributed by atoms with Gasteiger partial charge in [0.1, 0.15) is 23.7 Å². The summed E-state index contributed by atoms with van der Waals surface area (Å²) in [5, 5.41) is 21.7. The van der Waals surface area contributed by atoms with Crippen LogP contribution in [0, 0.1) is 0 Å². The van der Waals surface area contributed by atoms with E-state index in [1.54, 1.807) is 0 Å². The zero-order valence-corrected chi connectivity index (χ0v) is 19.7. The Kier molecular flexibility index (Phi) is 7.94. The van der Waals surface area contributed by atoms with Gasteiger partial charge in [-0.05, 0) is 47.2 Å². The largest absolute Gasteiger partial charge is 0.457 e. The Bertz CT molecular complexity index is 1180. The van der Waals surface area contributed by atoms with Crippen LogP contribution in [0.5, 0.6) is 11.5 Å². The van der Waals surface area contributed by atoms with Gasteiger partial charge in [0.05, 0.1) is 0 Å². The maximum Gasteiger partial charge on any atom is 0.133 e. The summed E-state index contributed by atoms with van der Waals surface area (Å²) in [6.07, 6.45) is 2.50. The number of aliphatic hydroxyl groups is 2. The van der Waals surface area contributed by atoms with Crippen molar-refractivity contribution in [3.63, 3.8) is 0 Å². The van der Waals surface area contributed by atoms with Crippen LogP contribution in [0.4, 0.5) is 0 Å². The molecular weight excluding hydrogens is 432 g/mol. The third kappa shape index (κ3) is 5.78. The number of benzene rings is 4. The van der Waals surface area contributed by atoms with Gasteiger partial charge in [0.2, 0.25) is 0 Å². The van der Waals surface area contributed by atoms with Gasteiger partial charge in [-0.3, -0.25) is 0 Å².